The van der Waals surface area contributed by atoms with E-state index in [-0.39, 0.29) is 11.9 Å². The number of nitrogens with zero attached hydrogens (tertiary/aromatic N) is 4. The van der Waals surface area contributed by atoms with E-state index in [9.17, 15) is 9.59 Å². The summed E-state index contributed by atoms with van der Waals surface area (Å²) in [4.78, 5) is 39.3. The summed E-state index contributed by atoms with van der Waals surface area (Å²) in [7, 11) is 3.16. The van der Waals surface area contributed by atoms with Crippen molar-refractivity contribution in [2.45, 2.75) is 19.9 Å². The van der Waals surface area contributed by atoms with Gasteiger partial charge in [0.25, 0.3) is 11.7 Å². The van der Waals surface area contributed by atoms with Gasteiger partial charge in [0.1, 0.15) is 0 Å². The Morgan fingerprint density at radius 1 is 1.29 bits per heavy atom. The zero-order valence-electron chi connectivity index (χ0n) is 14.0. The first-order chi connectivity index (χ1) is 11.5. The van der Waals surface area contributed by atoms with E-state index >= 15 is 0 Å². The summed E-state index contributed by atoms with van der Waals surface area (Å²) in [6.07, 6.45) is 6.05. The average Bonchev–Trinajstić information content (AvgIpc) is 2.62. The maximum Gasteiger partial charge on any atom is 0.417 e. The fourth-order valence-electron chi connectivity index (χ4n) is 2.92. The Balaban J connectivity index is 2.00. The van der Waals surface area contributed by atoms with Gasteiger partial charge in [-0.15, -0.1) is 0 Å². The molecule has 3 rings (SSSR count). The quantitative estimate of drug-likeness (QED) is 0.846. The first kappa shape index (κ1) is 16.0. The molecule has 1 unspecified atom stereocenters. The number of fused-ring (bicyclic) bond motifs is 1. The third kappa shape index (κ3) is 2.62. The highest BCUT2D eigenvalue weighted by molar-refractivity contribution is 6.31. The SMILES string of the molecule is CCC1=C[NH+]=C2C(C(=O)N(C)C(=O)N2C)C1=NCc1cccnc1. The molecule has 0 radical (unpaired) electrons. The number of allylic oxidation sites excluding steroid dienone is 1. The monoisotopic (exact) mass is 326 g/mol. The van der Waals surface area contributed by atoms with Crippen molar-refractivity contribution in [2.75, 3.05) is 14.1 Å². The molecule has 1 N–H and O–H groups in total. The molecule has 124 valence electrons. The van der Waals surface area contributed by atoms with Gasteiger partial charge in [-0.1, -0.05) is 13.0 Å². The van der Waals surface area contributed by atoms with Crippen LogP contribution in [0.5, 0.6) is 0 Å². The maximum atomic E-state index is 12.7. The minimum Gasteiger partial charge on any atom is -0.283 e. The third-order valence-corrected chi connectivity index (χ3v) is 4.32. The molecule has 0 saturated carbocycles. The molecule has 0 spiro atoms. The van der Waals surface area contributed by atoms with Crippen LogP contribution in [0.2, 0.25) is 0 Å². The van der Waals surface area contributed by atoms with Crippen LogP contribution < -0.4 is 4.99 Å². The molecular weight excluding hydrogens is 306 g/mol. The number of urea groups is 1. The number of carbonyl (C=O) groups is 2. The van der Waals surface area contributed by atoms with Crippen LogP contribution in [0.3, 0.4) is 0 Å². The van der Waals surface area contributed by atoms with Gasteiger partial charge in [0.05, 0.1) is 25.5 Å². The molecule has 3 heterocycles. The summed E-state index contributed by atoms with van der Waals surface area (Å²) >= 11 is 0. The first-order valence-corrected chi connectivity index (χ1v) is 7.85. The largest absolute Gasteiger partial charge is 0.417 e. The number of hydrogen-bond acceptors (Lipinski definition) is 4. The standard InChI is InChI=1S/C17H19N5O2/c1-4-12-10-20-15-13(16(23)22(3)17(24)21(15)2)14(12)19-9-11-6-5-7-18-8-11/h5-8,10,13H,4,9H2,1-3H3/p+1. The highest BCUT2D eigenvalue weighted by Crippen LogP contribution is 2.22. The van der Waals surface area contributed by atoms with E-state index in [0.29, 0.717) is 18.1 Å². The van der Waals surface area contributed by atoms with Gasteiger partial charge in [-0.2, -0.15) is 4.90 Å². The van der Waals surface area contributed by atoms with E-state index in [1.807, 2.05) is 25.3 Å². The summed E-state index contributed by atoms with van der Waals surface area (Å²) in [6.45, 7) is 2.46. The Kier molecular flexibility index (Phi) is 4.24. The van der Waals surface area contributed by atoms with E-state index in [1.165, 1.54) is 11.9 Å². The number of amides is 3. The molecule has 2 aliphatic heterocycles. The number of aliphatic imine (C=N–C) groups is 1. The Bertz CT molecular complexity index is 766. The normalized spacial score (nSPS) is 22.5. The molecule has 1 aromatic heterocycles. The smallest absolute Gasteiger partial charge is 0.283 e. The van der Waals surface area contributed by atoms with E-state index in [2.05, 4.69) is 9.98 Å². The van der Waals surface area contributed by atoms with Crippen LogP contribution >= 0.6 is 0 Å². The van der Waals surface area contributed by atoms with Crippen molar-refractivity contribution in [3.05, 3.63) is 41.9 Å². The Hall–Kier alpha value is -2.83. The minimum atomic E-state index is -0.575. The fraction of sp³-hybridized carbons (Fsp3) is 0.353. The molecule has 0 bridgehead atoms. The van der Waals surface area contributed by atoms with E-state index in [0.717, 1.165) is 22.5 Å². The van der Waals surface area contributed by atoms with Crippen molar-refractivity contribution in [1.29, 1.82) is 0 Å². The van der Waals surface area contributed by atoms with Gasteiger partial charge in [-0.3, -0.25) is 14.8 Å². The van der Waals surface area contributed by atoms with Crippen LogP contribution in [-0.2, 0) is 11.3 Å². The predicted octanol–water partition coefficient (Wildman–Crippen LogP) is -0.0508. The highest BCUT2D eigenvalue weighted by atomic mass is 16.2. The van der Waals surface area contributed by atoms with Crippen molar-refractivity contribution >= 4 is 23.5 Å². The number of amidine groups is 1. The van der Waals surface area contributed by atoms with Crippen LogP contribution in [0.15, 0.2) is 41.3 Å². The summed E-state index contributed by atoms with van der Waals surface area (Å²) in [6, 6.07) is 3.46. The molecule has 0 aliphatic carbocycles. The number of pyridine rings is 1. The van der Waals surface area contributed by atoms with Gasteiger partial charge in [0, 0.05) is 25.0 Å². The molecule has 1 saturated heterocycles. The molecule has 3 amide bonds. The van der Waals surface area contributed by atoms with E-state index < -0.39 is 5.92 Å². The lowest BCUT2D eigenvalue weighted by Crippen LogP contribution is -2.80. The van der Waals surface area contributed by atoms with Gasteiger partial charge < -0.3 is 0 Å². The summed E-state index contributed by atoms with van der Waals surface area (Å²) in [5.74, 6) is -0.274. The van der Waals surface area contributed by atoms with Crippen molar-refractivity contribution in [3.63, 3.8) is 0 Å². The number of aromatic nitrogens is 1. The number of nitrogens with one attached hydrogen (secondary N) is 1. The molecule has 1 fully saturated rings. The van der Waals surface area contributed by atoms with Gasteiger partial charge >= 0.3 is 6.03 Å². The lowest BCUT2D eigenvalue weighted by molar-refractivity contribution is -0.383. The minimum absolute atomic E-state index is 0.260. The highest BCUT2D eigenvalue weighted by Gasteiger charge is 2.50. The van der Waals surface area contributed by atoms with Crippen LogP contribution in [0.25, 0.3) is 0 Å². The second-order valence-corrected chi connectivity index (χ2v) is 5.79. The van der Waals surface area contributed by atoms with Crippen LogP contribution in [0, 0.1) is 5.92 Å². The maximum absolute atomic E-state index is 12.7. The molecule has 1 aromatic rings. The predicted molar refractivity (Wildman–Crippen MR) is 89.1 cm³/mol. The molecule has 2 aliphatic rings. The van der Waals surface area contributed by atoms with Crippen LogP contribution in [-0.4, -0.2) is 52.4 Å². The molecule has 0 aromatic carbocycles. The van der Waals surface area contributed by atoms with Crippen molar-refractivity contribution in [2.24, 2.45) is 10.9 Å². The van der Waals surface area contributed by atoms with Gasteiger partial charge in [-0.25, -0.2) is 14.7 Å². The first-order valence-electron chi connectivity index (χ1n) is 7.85. The lowest BCUT2D eigenvalue weighted by Gasteiger charge is -2.32. The molecular formula is C17H20N5O2+. The average molecular weight is 326 g/mol. The number of imide groups is 1. The van der Waals surface area contributed by atoms with Crippen LogP contribution in [0.1, 0.15) is 18.9 Å². The molecule has 24 heavy (non-hydrogen) atoms. The van der Waals surface area contributed by atoms with Gasteiger partial charge in [0.2, 0.25) is 0 Å². The van der Waals surface area contributed by atoms with E-state index in [1.54, 1.807) is 19.4 Å². The molecule has 7 heteroatoms. The Labute approximate surface area is 140 Å². The Morgan fingerprint density at radius 2 is 2.08 bits per heavy atom. The number of hydrogen-bond donors (Lipinski definition) is 1. The third-order valence-electron chi connectivity index (χ3n) is 4.32. The zero-order valence-corrected chi connectivity index (χ0v) is 14.0. The van der Waals surface area contributed by atoms with Gasteiger partial charge in [0.15, 0.2) is 5.92 Å². The molecule has 1 atom stereocenters. The van der Waals surface area contributed by atoms with Crippen molar-refractivity contribution < 1.29 is 14.6 Å². The van der Waals surface area contributed by atoms with Crippen molar-refractivity contribution in [3.8, 4) is 0 Å². The molecule has 7 nitrogen and oxygen atoms in total. The summed E-state index contributed by atoms with van der Waals surface area (Å²) < 4.78 is 0. The second-order valence-electron chi connectivity index (χ2n) is 5.79. The summed E-state index contributed by atoms with van der Waals surface area (Å²) in [5.41, 5.74) is 2.66. The fourth-order valence-corrected chi connectivity index (χ4v) is 2.92. The van der Waals surface area contributed by atoms with Crippen molar-refractivity contribution in [1.82, 2.24) is 14.8 Å². The van der Waals surface area contributed by atoms with E-state index in [4.69, 9.17) is 4.99 Å². The van der Waals surface area contributed by atoms with Gasteiger partial charge in [-0.05, 0) is 18.1 Å². The number of rotatable bonds is 3. The van der Waals surface area contributed by atoms with Crippen LogP contribution in [0.4, 0.5) is 4.79 Å². The number of carbonyl (C=O) groups excluding carboxylic acids is 2. The second kappa shape index (κ2) is 6.35. The Morgan fingerprint density at radius 3 is 2.75 bits per heavy atom. The zero-order chi connectivity index (χ0) is 17.3. The summed E-state index contributed by atoms with van der Waals surface area (Å²) in [5, 5.41) is 0. The topological polar surface area (TPSA) is 79.8 Å². The lowest BCUT2D eigenvalue weighted by atomic mass is 9.89.